The number of hydrogen-bond donors (Lipinski definition) is 0. The molecule has 0 aliphatic carbocycles. The summed E-state index contributed by atoms with van der Waals surface area (Å²) in [5.74, 6) is -0.0553. The molecule has 1 rings (SSSR count). The summed E-state index contributed by atoms with van der Waals surface area (Å²) in [5, 5.41) is 0.894. The van der Waals surface area contributed by atoms with E-state index in [1.54, 1.807) is 18.2 Å². The third-order valence-electron chi connectivity index (χ3n) is 1.21. The van der Waals surface area contributed by atoms with Gasteiger partial charge in [0.1, 0.15) is 0 Å². The molecule has 0 heterocycles. The molecule has 0 saturated carbocycles. The Bertz CT molecular complexity index is 299. The largest absolute Gasteiger partial charge is 1.00 e. The van der Waals surface area contributed by atoms with Crippen LogP contribution in [0, 0.1) is 0 Å². The van der Waals surface area contributed by atoms with Crippen LogP contribution in [0.3, 0.4) is 0 Å². The summed E-state index contributed by atoms with van der Waals surface area (Å²) in [4.78, 5) is 0. The van der Waals surface area contributed by atoms with E-state index in [4.69, 9.17) is 23.2 Å². The van der Waals surface area contributed by atoms with Crippen molar-refractivity contribution in [2.24, 2.45) is 0 Å². The van der Waals surface area contributed by atoms with Gasteiger partial charge in [0.2, 0.25) is 0 Å². The quantitative estimate of drug-likeness (QED) is 0.516. The van der Waals surface area contributed by atoms with E-state index in [-0.39, 0.29) is 35.3 Å². The third kappa shape index (κ3) is 5.37. The van der Waals surface area contributed by atoms with Crippen LogP contribution in [0.15, 0.2) is 18.2 Å². The van der Waals surface area contributed by atoms with Gasteiger partial charge in [0.05, 0.1) is 0 Å². The van der Waals surface area contributed by atoms with Crippen molar-refractivity contribution in [2.75, 3.05) is 0 Å². The van der Waals surface area contributed by atoms with E-state index in [1.807, 2.05) is 0 Å². The van der Waals surface area contributed by atoms with Crippen LogP contribution in [0.2, 0.25) is 10.0 Å². The van der Waals surface area contributed by atoms with E-state index in [9.17, 15) is 8.76 Å². The Morgan fingerprint density at radius 2 is 1.69 bits per heavy atom. The Labute approximate surface area is 111 Å². The summed E-state index contributed by atoms with van der Waals surface area (Å²) in [6, 6.07) is 4.70. The second kappa shape index (κ2) is 6.40. The van der Waals surface area contributed by atoms with E-state index in [2.05, 4.69) is 0 Å². The van der Waals surface area contributed by atoms with Crippen molar-refractivity contribution in [2.45, 2.75) is 5.75 Å². The van der Waals surface area contributed by atoms with Gasteiger partial charge in [-0.2, -0.15) is 0 Å². The molecule has 0 amide bonds. The summed E-state index contributed by atoms with van der Waals surface area (Å²) in [6.07, 6.45) is 0. The van der Waals surface area contributed by atoms with Gasteiger partial charge in [-0.1, -0.05) is 34.3 Å². The van der Waals surface area contributed by atoms with Crippen molar-refractivity contribution >= 4 is 34.3 Å². The van der Waals surface area contributed by atoms with E-state index < -0.39 is 11.1 Å². The molecule has 1 atom stereocenters. The molecular formula is C7H5Cl2NaO2S. The minimum Gasteiger partial charge on any atom is -0.772 e. The van der Waals surface area contributed by atoms with Crippen LogP contribution in [0.5, 0.6) is 0 Å². The van der Waals surface area contributed by atoms with Crippen molar-refractivity contribution in [1.82, 2.24) is 0 Å². The number of halogens is 2. The minimum atomic E-state index is -2.10. The molecule has 1 unspecified atom stereocenters. The zero-order valence-corrected chi connectivity index (χ0v) is 11.2. The molecule has 2 nitrogen and oxygen atoms in total. The van der Waals surface area contributed by atoms with Crippen LogP contribution in [-0.2, 0) is 16.8 Å². The molecule has 0 spiro atoms. The van der Waals surface area contributed by atoms with Crippen LogP contribution in [0.1, 0.15) is 5.56 Å². The van der Waals surface area contributed by atoms with Crippen molar-refractivity contribution in [3.05, 3.63) is 33.8 Å². The first-order chi connectivity index (χ1) is 5.58. The maximum Gasteiger partial charge on any atom is 1.00 e. The molecule has 1 aromatic carbocycles. The van der Waals surface area contributed by atoms with Crippen LogP contribution in [-0.4, -0.2) is 8.76 Å². The standard InChI is InChI=1S/C7H6Cl2O2S.Na/c8-6-1-5(4-12(10)11)2-7(9)3-6;/h1-3H,4H2,(H,10,11);/q;+1/p-1. The molecule has 0 bridgehead atoms. The normalized spacial score (nSPS) is 11.9. The van der Waals surface area contributed by atoms with E-state index in [0.29, 0.717) is 15.6 Å². The van der Waals surface area contributed by atoms with E-state index >= 15 is 0 Å². The summed E-state index contributed by atoms with van der Waals surface area (Å²) >= 11 is 9.20. The Morgan fingerprint density at radius 1 is 1.23 bits per heavy atom. The average Bonchev–Trinajstić information content (AvgIpc) is 1.81. The summed E-state index contributed by atoms with van der Waals surface area (Å²) in [5.41, 5.74) is 0.598. The fourth-order valence-corrected chi connectivity index (χ4v) is 1.84. The Kier molecular flexibility index (Phi) is 6.85. The monoisotopic (exact) mass is 246 g/mol. The first-order valence-corrected chi connectivity index (χ1v) is 5.09. The van der Waals surface area contributed by atoms with Crippen LogP contribution in [0.4, 0.5) is 0 Å². The number of benzene rings is 1. The Hall–Kier alpha value is 0.910. The molecular weight excluding hydrogens is 242 g/mol. The van der Waals surface area contributed by atoms with Gasteiger partial charge in [-0.3, -0.25) is 4.21 Å². The predicted molar refractivity (Wildman–Crippen MR) is 49.1 cm³/mol. The number of rotatable bonds is 2. The van der Waals surface area contributed by atoms with Gasteiger partial charge < -0.3 is 4.55 Å². The molecule has 1 aromatic rings. The van der Waals surface area contributed by atoms with Crippen molar-refractivity contribution in [3.63, 3.8) is 0 Å². The van der Waals surface area contributed by atoms with Gasteiger partial charge >= 0.3 is 29.6 Å². The van der Waals surface area contributed by atoms with E-state index in [1.165, 1.54) is 0 Å². The molecule has 6 heteroatoms. The second-order valence-corrected chi connectivity index (χ2v) is 3.99. The average molecular weight is 247 g/mol. The van der Waals surface area contributed by atoms with Gasteiger partial charge in [-0.15, -0.1) is 0 Å². The van der Waals surface area contributed by atoms with Crippen molar-refractivity contribution in [3.8, 4) is 0 Å². The molecule has 0 aromatic heterocycles. The minimum absolute atomic E-state index is 0. The second-order valence-electron chi connectivity index (χ2n) is 2.23. The fourth-order valence-electron chi connectivity index (χ4n) is 0.830. The van der Waals surface area contributed by atoms with Crippen molar-refractivity contribution in [1.29, 1.82) is 0 Å². The van der Waals surface area contributed by atoms with Crippen LogP contribution in [0.25, 0.3) is 0 Å². The molecule has 0 saturated heterocycles. The molecule has 0 aliphatic rings. The van der Waals surface area contributed by atoms with Gasteiger partial charge in [-0.05, 0) is 23.8 Å². The van der Waals surface area contributed by atoms with Gasteiger partial charge in [0.15, 0.2) is 0 Å². The molecule has 0 fully saturated rings. The fraction of sp³-hybridized carbons (Fsp3) is 0.143. The summed E-state index contributed by atoms with van der Waals surface area (Å²) < 4.78 is 20.6. The smallest absolute Gasteiger partial charge is 0.772 e. The zero-order chi connectivity index (χ0) is 9.14. The maximum absolute atomic E-state index is 10.3. The number of hydrogen-bond acceptors (Lipinski definition) is 2. The third-order valence-corrected chi connectivity index (χ3v) is 2.21. The molecule has 13 heavy (non-hydrogen) atoms. The summed E-state index contributed by atoms with van der Waals surface area (Å²) in [6.45, 7) is 0. The molecule has 0 radical (unpaired) electrons. The van der Waals surface area contributed by atoms with Gasteiger partial charge in [0.25, 0.3) is 0 Å². The van der Waals surface area contributed by atoms with Crippen LogP contribution >= 0.6 is 23.2 Å². The first-order valence-electron chi connectivity index (χ1n) is 3.09. The zero-order valence-electron chi connectivity index (χ0n) is 6.92. The summed E-state index contributed by atoms with van der Waals surface area (Å²) in [7, 11) is 0. The Morgan fingerprint density at radius 3 is 2.08 bits per heavy atom. The topological polar surface area (TPSA) is 40.1 Å². The van der Waals surface area contributed by atoms with Gasteiger partial charge in [-0.25, -0.2) is 0 Å². The van der Waals surface area contributed by atoms with Crippen LogP contribution < -0.4 is 29.6 Å². The Balaban J connectivity index is 0.00000144. The van der Waals surface area contributed by atoms with E-state index in [0.717, 1.165) is 0 Å². The predicted octanol–water partition coefficient (Wildman–Crippen LogP) is -0.623. The van der Waals surface area contributed by atoms with Gasteiger partial charge in [0, 0.05) is 15.8 Å². The first kappa shape index (κ1) is 13.9. The van der Waals surface area contributed by atoms with Crippen molar-refractivity contribution < 1.29 is 38.3 Å². The molecule has 0 aliphatic heterocycles. The molecule has 66 valence electrons. The SMILES string of the molecule is O=S([O-])Cc1cc(Cl)cc(Cl)c1.[Na+]. The molecule has 0 N–H and O–H groups in total. The maximum atomic E-state index is 10.3.